The highest BCUT2D eigenvalue weighted by molar-refractivity contribution is 5.89. The van der Waals surface area contributed by atoms with Crippen LogP contribution in [0.25, 0.3) is 0 Å². The van der Waals surface area contributed by atoms with E-state index in [1.807, 2.05) is 0 Å². The first-order valence-electron chi connectivity index (χ1n) is 9.69. The van der Waals surface area contributed by atoms with Crippen molar-refractivity contribution in [3.8, 4) is 0 Å². The number of nitrogens with zero attached hydrogens (tertiary/aromatic N) is 1. The summed E-state index contributed by atoms with van der Waals surface area (Å²) < 4.78 is 6.02. The van der Waals surface area contributed by atoms with Crippen molar-refractivity contribution in [1.82, 2.24) is 10.4 Å². The number of fused-ring (bicyclic) bond motifs is 2. The number of carbonyl (C=O) groups is 3. The first-order chi connectivity index (χ1) is 12.9. The van der Waals surface area contributed by atoms with Gasteiger partial charge in [0.1, 0.15) is 6.54 Å². The van der Waals surface area contributed by atoms with Gasteiger partial charge in [0.05, 0.1) is 12.2 Å². The number of unbranched alkanes of at least 4 members (excludes halogenated alkanes) is 3. The number of rotatable bonds is 12. The first-order valence-corrected chi connectivity index (χ1v) is 9.69. The van der Waals surface area contributed by atoms with Crippen LogP contribution in [-0.2, 0) is 19.1 Å². The molecule has 0 saturated carbocycles. The van der Waals surface area contributed by atoms with Crippen LogP contribution in [0.5, 0.6) is 0 Å². The SMILES string of the molecule is C=CC(=O)N(O)CC(=O)NC[C@@H]1[C@H](CCCCCCC(=O)O)[C@@H]2CC[C@H]1O2. The van der Waals surface area contributed by atoms with E-state index in [1.165, 1.54) is 0 Å². The quantitative estimate of drug-likeness (QED) is 0.205. The van der Waals surface area contributed by atoms with Gasteiger partial charge in [-0.25, -0.2) is 5.06 Å². The Morgan fingerprint density at radius 2 is 1.78 bits per heavy atom. The molecule has 2 aliphatic heterocycles. The van der Waals surface area contributed by atoms with E-state index in [2.05, 4.69) is 11.9 Å². The minimum atomic E-state index is -0.747. The molecule has 0 aliphatic carbocycles. The molecule has 0 spiro atoms. The maximum absolute atomic E-state index is 11.9. The van der Waals surface area contributed by atoms with Gasteiger partial charge in [0, 0.05) is 18.9 Å². The molecule has 0 radical (unpaired) electrons. The van der Waals surface area contributed by atoms with Crippen molar-refractivity contribution < 1.29 is 29.4 Å². The molecule has 0 aromatic rings. The monoisotopic (exact) mass is 382 g/mol. The van der Waals surface area contributed by atoms with E-state index < -0.39 is 24.3 Å². The second kappa shape index (κ2) is 10.4. The second-order valence-corrected chi connectivity index (χ2v) is 7.37. The third-order valence-corrected chi connectivity index (χ3v) is 5.53. The van der Waals surface area contributed by atoms with Gasteiger partial charge in [-0.15, -0.1) is 0 Å². The van der Waals surface area contributed by atoms with Gasteiger partial charge in [-0.05, 0) is 37.7 Å². The molecular weight excluding hydrogens is 352 g/mol. The number of hydroxylamine groups is 2. The standard InChI is InChI=1S/C19H30N2O6/c1-2-18(23)21(26)12-17(22)20-11-14-13(15-9-10-16(14)27-15)7-5-3-4-6-8-19(24)25/h2,13-16,26H,1,3-12H2,(H,20,22)(H,24,25)/t13-,14+,15-,16+/m0/s1. The number of hydrogen-bond donors (Lipinski definition) is 3. The Kier molecular flexibility index (Phi) is 8.24. The van der Waals surface area contributed by atoms with Crippen LogP contribution < -0.4 is 5.32 Å². The van der Waals surface area contributed by atoms with Crippen molar-refractivity contribution in [3.05, 3.63) is 12.7 Å². The number of hydrogen-bond acceptors (Lipinski definition) is 5. The molecule has 2 rings (SSSR count). The molecule has 0 aromatic carbocycles. The third-order valence-electron chi connectivity index (χ3n) is 5.53. The molecule has 2 amide bonds. The summed E-state index contributed by atoms with van der Waals surface area (Å²) in [6, 6.07) is 0. The first kappa shape index (κ1) is 21.4. The molecule has 2 aliphatic rings. The van der Waals surface area contributed by atoms with E-state index in [1.54, 1.807) is 0 Å². The molecule has 2 bridgehead atoms. The lowest BCUT2D eigenvalue weighted by Gasteiger charge is -2.28. The van der Waals surface area contributed by atoms with Crippen molar-refractivity contribution in [1.29, 1.82) is 0 Å². The number of carbonyl (C=O) groups excluding carboxylic acids is 2. The van der Waals surface area contributed by atoms with Gasteiger partial charge in [0.2, 0.25) is 5.91 Å². The van der Waals surface area contributed by atoms with Gasteiger partial charge < -0.3 is 15.2 Å². The van der Waals surface area contributed by atoms with E-state index in [4.69, 9.17) is 9.84 Å². The van der Waals surface area contributed by atoms with E-state index in [9.17, 15) is 19.6 Å². The summed E-state index contributed by atoms with van der Waals surface area (Å²) in [6.45, 7) is 3.32. The van der Waals surface area contributed by atoms with Gasteiger partial charge in [0.25, 0.3) is 5.91 Å². The highest BCUT2D eigenvalue weighted by atomic mass is 16.5. The van der Waals surface area contributed by atoms with Crippen molar-refractivity contribution in [3.63, 3.8) is 0 Å². The van der Waals surface area contributed by atoms with E-state index >= 15 is 0 Å². The molecule has 0 aromatic heterocycles. The number of aliphatic carboxylic acids is 1. The van der Waals surface area contributed by atoms with Crippen molar-refractivity contribution in [2.45, 2.75) is 63.6 Å². The molecule has 0 unspecified atom stereocenters. The predicted molar refractivity (Wildman–Crippen MR) is 96.9 cm³/mol. The molecule has 152 valence electrons. The summed E-state index contributed by atoms with van der Waals surface area (Å²) in [5, 5.41) is 21.2. The van der Waals surface area contributed by atoms with Crippen LogP contribution in [0.3, 0.4) is 0 Å². The molecule has 8 nitrogen and oxygen atoms in total. The number of carboxylic acid groups (broad SMARTS) is 1. The van der Waals surface area contributed by atoms with Gasteiger partial charge >= 0.3 is 5.97 Å². The average molecular weight is 382 g/mol. The van der Waals surface area contributed by atoms with Crippen LogP contribution in [0.2, 0.25) is 0 Å². The third kappa shape index (κ3) is 6.32. The summed E-state index contributed by atoms with van der Waals surface area (Å²) in [5.41, 5.74) is 0. The topological polar surface area (TPSA) is 116 Å². The van der Waals surface area contributed by atoms with Gasteiger partial charge in [0.15, 0.2) is 0 Å². The minimum Gasteiger partial charge on any atom is -0.481 e. The molecule has 2 heterocycles. The smallest absolute Gasteiger partial charge is 0.303 e. The molecule has 4 atom stereocenters. The fourth-order valence-corrected chi connectivity index (χ4v) is 4.17. The van der Waals surface area contributed by atoms with Crippen LogP contribution in [0.15, 0.2) is 12.7 Å². The molecule has 3 N–H and O–H groups in total. The molecule has 2 fully saturated rings. The number of amides is 2. The highest BCUT2D eigenvalue weighted by Gasteiger charge is 2.48. The zero-order valence-electron chi connectivity index (χ0n) is 15.6. The summed E-state index contributed by atoms with van der Waals surface area (Å²) in [7, 11) is 0. The Morgan fingerprint density at radius 1 is 1.11 bits per heavy atom. The van der Waals surface area contributed by atoms with Gasteiger partial charge in [-0.2, -0.15) is 0 Å². The van der Waals surface area contributed by atoms with Crippen LogP contribution in [-0.4, -0.2) is 58.5 Å². The van der Waals surface area contributed by atoms with Crippen LogP contribution in [0, 0.1) is 11.8 Å². The van der Waals surface area contributed by atoms with E-state index in [0.29, 0.717) is 23.9 Å². The lowest BCUT2D eigenvalue weighted by molar-refractivity contribution is -0.163. The Labute approximate surface area is 159 Å². The largest absolute Gasteiger partial charge is 0.481 e. The van der Waals surface area contributed by atoms with Crippen molar-refractivity contribution in [2.75, 3.05) is 13.1 Å². The van der Waals surface area contributed by atoms with Crippen LogP contribution >= 0.6 is 0 Å². The van der Waals surface area contributed by atoms with Crippen molar-refractivity contribution in [2.24, 2.45) is 11.8 Å². The zero-order valence-corrected chi connectivity index (χ0v) is 15.6. The highest BCUT2D eigenvalue weighted by Crippen LogP contribution is 2.45. The molecule has 2 saturated heterocycles. The van der Waals surface area contributed by atoms with E-state index in [-0.39, 0.29) is 24.5 Å². The normalized spacial score (nSPS) is 26.0. The predicted octanol–water partition coefficient (Wildman–Crippen LogP) is 1.73. The summed E-state index contributed by atoms with van der Waals surface area (Å²) in [4.78, 5) is 33.7. The lowest BCUT2D eigenvalue weighted by atomic mass is 9.76. The van der Waals surface area contributed by atoms with E-state index in [0.717, 1.165) is 44.6 Å². The Morgan fingerprint density at radius 3 is 2.44 bits per heavy atom. The molecule has 8 heteroatoms. The Balaban J connectivity index is 1.72. The van der Waals surface area contributed by atoms with Crippen molar-refractivity contribution >= 4 is 17.8 Å². The Hall–Kier alpha value is -1.93. The lowest BCUT2D eigenvalue weighted by Crippen LogP contribution is -2.42. The Bertz CT molecular complexity index is 552. The summed E-state index contributed by atoms with van der Waals surface area (Å²) in [6.07, 6.45) is 8.30. The number of carboxylic acids is 1. The minimum absolute atomic E-state index is 0.160. The fraction of sp³-hybridized carbons (Fsp3) is 0.737. The molecule has 27 heavy (non-hydrogen) atoms. The summed E-state index contributed by atoms with van der Waals surface area (Å²) >= 11 is 0. The second-order valence-electron chi connectivity index (χ2n) is 7.37. The van der Waals surface area contributed by atoms with Crippen LogP contribution in [0.1, 0.15) is 51.4 Å². The number of nitrogens with one attached hydrogen (secondary N) is 1. The number of ether oxygens (including phenoxy) is 1. The molecular formula is C19H30N2O6. The maximum atomic E-state index is 11.9. The summed E-state index contributed by atoms with van der Waals surface area (Å²) in [5.74, 6) is -1.24. The fourth-order valence-electron chi connectivity index (χ4n) is 4.17. The van der Waals surface area contributed by atoms with Crippen LogP contribution in [0.4, 0.5) is 0 Å². The maximum Gasteiger partial charge on any atom is 0.303 e. The average Bonchev–Trinajstić information content (AvgIpc) is 3.23. The van der Waals surface area contributed by atoms with Gasteiger partial charge in [-0.3, -0.25) is 19.6 Å². The van der Waals surface area contributed by atoms with Gasteiger partial charge in [-0.1, -0.05) is 25.8 Å². The zero-order chi connectivity index (χ0) is 19.8.